The van der Waals surface area contributed by atoms with E-state index in [1.165, 1.54) is 5.57 Å². The van der Waals surface area contributed by atoms with Crippen LogP contribution in [0.3, 0.4) is 0 Å². The summed E-state index contributed by atoms with van der Waals surface area (Å²) in [7, 11) is 1.73. The van der Waals surface area contributed by atoms with E-state index in [9.17, 15) is 0 Å². The van der Waals surface area contributed by atoms with Crippen LogP contribution >= 0.6 is 0 Å². The van der Waals surface area contributed by atoms with Crippen molar-refractivity contribution < 1.29 is 4.74 Å². The summed E-state index contributed by atoms with van der Waals surface area (Å²) in [6.45, 7) is 5.88. The molecule has 2 nitrogen and oxygen atoms in total. The van der Waals surface area contributed by atoms with E-state index in [0.29, 0.717) is 0 Å². The second-order valence-corrected chi connectivity index (χ2v) is 2.34. The predicted octanol–water partition coefficient (Wildman–Crippen LogP) is 0.551. The minimum absolute atomic E-state index is 0.249. The molecule has 0 aliphatic carbocycles. The first-order chi connectivity index (χ1) is 4.34. The number of methoxy groups -OCH3 is 1. The van der Waals surface area contributed by atoms with Gasteiger partial charge in [0.05, 0.1) is 6.10 Å². The van der Waals surface area contributed by atoms with Gasteiger partial charge in [-0.2, -0.15) is 0 Å². The molecule has 0 amide bonds. The summed E-state index contributed by atoms with van der Waals surface area (Å²) >= 11 is 0. The molecule has 1 heterocycles. The zero-order valence-electron chi connectivity index (χ0n) is 5.81. The number of ether oxygens (including phenoxy) is 1. The largest absolute Gasteiger partial charge is 0.376 e. The van der Waals surface area contributed by atoms with E-state index in [1.807, 2.05) is 0 Å². The molecule has 0 aromatic rings. The van der Waals surface area contributed by atoms with Gasteiger partial charge in [0.1, 0.15) is 0 Å². The van der Waals surface area contributed by atoms with Gasteiger partial charge in [0.15, 0.2) is 0 Å². The Bertz CT molecular complexity index is 111. The quantitative estimate of drug-likeness (QED) is 0.519. The second-order valence-electron chi connectivity index (χ2n) is 2.34. The average Bonchev–Trinajstić information content (AvgIpc) is 1.89. The summed E-state index contributed by atoms with van der Waals surface area (Å²) in [6, 6.07) is 0. The Morgan fingerprint density at radius 2 is 2.56 bits per heavy atom. The number of piperidine rings is 1. The average molecular weight is 127 g/mol. The standard InChI is InChI=1S/C7H13NO/c1-6-3-4-8-5-7(6)9-2/h7-8H,1,3-5H2,2H3. The molecule has 1 unspecified atom stereocenters. The first kappa shape index (κ1) is 6.78. The smallest absolute Gasteiger partial charge is 0.0903 e. The molecule has 1 aliphatic heterocycles. The van der Waals surface area contributed by atoms with Crippen LogP contribution in [0, 0.1) is 0 Å². The van der Waals surface area contributed by atoms with E-state index in [4.69, 9.17) is 4.74 Å². The van der Waals surface area contributed by atoms with Crippen LogP contribution in [-0.4, -0.2) is 26.3 Å². The SMILES string of the molecule is C=C1CCNCC1OC. The fourth-order valence-electron chi connectivity index (χ4n) is 1.04. The Labute approximate surface area is 55.9 Å². The highest BCUT2D eigenvalue weighted by Gasteiger charge is 2.14. The highest BCUT2D eigenvalue weighted by molar-refractivity contribution is 5.06. The molecular formula is C7H13NO. The number of rotatable bonds is 1. The highest BCUT2D eigenvalue weighted by atomic mass is 16.5. The lowest BCUT2D eigenvalue weighted by atomic mass is 10.1. The Morgan fingerprint density at radius 1 is 1.78 bits per heavy atom. The molecule has 2 heteroatoms. The fourth-order valence-corrected chi connectivity index (χ4v) is 1.04. The second kappa shape index (κ2) is 2.99. The van der Waals surface area contributed by atoms with Gasteiger partial charge in [-0.25, -0.2) is 0 Å². The number of nitrogens with one attached hydrogen (secondary N) is 1. The molecule has 0 spiro atoms. The van der Waals surface area contributed by atoms with E-state index < -0.39 is 0 Å². The minimum atomic E-state index is 0.249. The Balaban J connectivity index is 2.39. The van der Waals surface area contributed by atoms with Gasteiger partial charge in [0.25, 0.3) is 0 Å². The summed E-state index contributed by atoms with van der Waals surface area (Å²) in [4.78, 5) is 0. The first-order valence-corrected chi connectivity index (χ1v) is 3.26. The zero-order valence-corrected chi connectivity index (χ0v) is 5.81. The van der Waals surface area contributed by atoms with Crippen molar-refractivity contribution in [1.82, 2.24) is 5.32 Å². The predicted molar refractivity (Wildman–Crippen MR) is 37.4 cm³/mol. The molecule has 1 rings (SSSR count). The zero-order chi connectivity index (χ0) is 6.69. The van der Waals surface area contributed by atoms with Crippen molar-refractivity contribution in [2.24, 2.45) is 0 Å². The summed E-state index contributed by atoms with van der Waals surface area (Å²) in [6.07, 6.45) is 1.30. The number of hydrogen-bond acceptors (Lipinski definition) is 2. The molecular weight excluding hydrogens is 114 g/mol. The molecule has 1 fully saturated rings. The van der Waals surface area contributed by atoms with Crippen molar-refractivity contribution in [2.45, 2.75) is 12.5 Å². The van der Waals surface area contributed by atoms with Gasteiger partial charge in [0, 0.05) is 13.7 Å². The Morgan fingerprint density at radius 3 is 3.00 bits per heavy atom. The van der Waals surface area contributed by atoms with E-state index >= 15 is 0 Å². The topological polar surface area (TPSA) is 21.3 Å². The fraction of sp³-hybridized carbons (Fsp3) is 0.714. The van der Waals surface area contributed by atoms with E-state index in [1.54, 1.807) is 7.11 Å². The molecule has 1 N–H and O–H groups in total. The molecule has 52 valence electrons. The van der Waals surface area contributed by atoms with Gasteiger partial charge in [0.2, 0.25) is 0 Å². The third-order valence-corrected chi connectivity index (χ3v) is 1.69. The molecule has 0 aromatic carbocycles. The lowest BCUT2D eigenvalue weighted by molar-refractivity contribution is 0.119. The molecule has 0 saturated carbocycles. The maximum absolute atomic E-state index is 5.14. The maximum Gasteiger partial charge on any atom is 0.0903 e. The molecule has 0 bridgehead atoms. The van der Waals surface area contributed by atoms with Gasteiger partial charge in [-0.05, 0) is 18.5 Å². The third kappa shape index (κ3) is 1.53. The van der Waals surface area contributed by atoms with Crippen LogP contribution in [-0.2, 0) is 4.74 Å². The normalized spacial score (nSPS) is 28.6. The highest BCUT2D eigenvalue weighted by Crippen LogP contribution is 2.10. The van der Waals surface area contributed by atoms with Crippen LogP contribution in [0.25, 0.3) is 0 Å². The summed E-state index contributed by atoms with van der Waals surface area (Å²) in [5, 5.41) is 3.23. The van der Waals surface area contributed by atoms with E-state index in [-0.39, 0.29) is 6.10 Å². The Kier molecular flexibility index (Phi) is 2.25. The minimum Gasteiger partial charge on any atom is -0.376 e. The molecule has 0 radical (unpaired) electrons. The van der Waals surface area contributed by atoms with Gasteiger partial charge >= 0.3 is 0 Å². The van der Waals surface area contributed by atoms with Crippen LogP contribution in [0.5, 0.6) is 0 Å². The van der Waals surface area contributed by atoms with Crippen molar-refractivity contribution in [2.75, 3.05) is 20.2 Å². The molecule has 0 aromatic heterocycles. The summed E-state index contributed by atoms with van der Waals surface area (Å²) in [5.41, 5.74) is 1.22. The first-order valence-electron chi connectivity index (χ1n) is 3.26. The summed E-state index contributed by atoms with van der Waals surface area (Å²) < 4.78 is 5.14. The van der Waals surface area contributed by atoms with Crippen molar-refractivity contribution in [3.05, 3.63) is 12.2 Å². The monoisotopic (exact) mass is 127 g/mol. The van der Waals surface area contributed by atoms with E-state index in [0.717, 1.165) is 19.5 Å². The lowest BCUT2D eigenvalue weighted by Crippen LogP contribution is -2.36. The van der Waals surface area contributed by atoms with E-state index in [2.05, 4.69) is 11.9 Å². The van der Waals surface area contributed by atoms with Crippen LogP contribution < -0.4 is 5.32 Å². The Hall–Kier alpha value is -0.340. The van der Waals surface area contributed by atoms with Gasteiger partial charge in [-0.15, -0.1) is 0 Å². The molecule has 1 atom stereocenters. The van der Waals surface area contributed by atoms with Crippen molar-refractivity contribution in [1.29, 1.82) is 0 Å². The molecule has 1 aliphatic rings. The molecule has 1 saturated heterocycles. The van der Waals surface area contributed by atoms with Crippen molar-refractivity contribution in [3.63, 3.8) is 0 Å². The lowest BCUT2D eigenvalue weighted by Gasteiger charge is -2.23. The van der Waals surface area contributed by atoms with Crippen LogP contribution in [0.15, 0.2) is 12.2 Å². The molecule has 9 heavy (non-hydrogen) atoms. The summed E-state index contributed by atoms with van der Waals surface area (Å²) in [5.74, 6) is 0. The van der Waals surface area contributed by atoms with Gasteiger partial charge < -0.3 is 10.1 Å². The van der Waals surface area contributed by atoms with Crippen LogP contribution in [0.2, 0.25) is 0 Å². The van der Waals surface area contributed by atoms with Crippen LogP contribution in [0.4, 0.5) is 0 Å². The van der Waals surface area contributed by atoms with Crippen LogP contribution in [0.1, 0.15) is 6.42 Å². The third-order valence-electron chi connectivity index (χ3n) is 1.69. The van der Waals surface area contributed by atoms with Gasteiger partial charge in [-0.3, -0.25) is 0 Å². The van der Waals surface area contributed by atoms with Gasteiger partial charge in [-0.1, -0.05) is 6.58 Å². The number of hydrogen-bond donors (Lipinski definition) is 1. The van der Waals surface area contributed by atoms with Crippen molar-refractivity contribution >= 4 is 0 Å². The van der Waals surface area contributed by atoms with Crippen molar-refractivity contribution in [3.8, 4) is 0 Å². The maximum atomic E-state index is 5.14.